The highest BCUT2D eigenvalue weighted by molar-refractivity contribution is 5.77. The lowest BCUT2D eigenvalue weighted by Gasteiger charge is -2.28. The highest BCUT2D eigenvalue weighted by atomic mass is 19.4. The smallest absolute Gasteiger partial charge is 0.475 e. The molecule has 0 radical (unpaired) electrons. The van der Waals surface area contributed by atoms with Crippen LogP contribution >= 0.6 is 0 Å². The van der Waals surface area contributed by atoms with Crippen LogP contribution in [-0.4, -0.2) is 63.4 Å². The van der Waals surface area contributed by atoms with Crippen molar-refractivity contribution in [3.8, 4) is 0 Å². The van der Waals surface area contributed by atoms with Crippen molar-refractivity contribution in [2.24, 2.45) is 13.0 Å². The fourth-order valence-electron chi connectivity index (χ4n) is 2.99. The van der Waals surface area contributed by atoms with E-state index in [1.54, 1.807) is 0 Å². The number of aliphatic carboxylic acids is 1. The van der Waals surface area contributed by atoms with Gasteiger partial charge in [-0.05, 0) is 39.3 Å². The zero-order valence-electron chi connectivity index (χ0n) is 15.7. The van der Waals surface area contributed by atoms with E-state index in [0.29, 0.717) is 11.8 Å². The summed E-state index contributed by atoms with van der Waals surface area (Å²) < 4.78 is 33.7. The molecule has 2 heterocycles. The lowest BCUT2D eigenvalue weighted by molar-refractivity contribution is -0.192. The molecule has 1 aliphatic carbocycles. The second-order valence-corrected chi connectivity index (χ2v) is 7.25. The van der Waals surface area contributed by atoms with Crippen molar-refractivity contribution in [2.75, 3.05) is 20.6 Å². The highest BCUT2D eigenvalue weighted by Gasteiger charge is 2.38. The van der Waals surface area contributed by atoms with Crippen LogP contribution < -0.4 is 0 Å². The number of fused-ring (bicyclic) bond motifs is 1. The monoisotopic (exact) mass is 390 g/mol. The van der Waals surface area contributed by atoms with Crippen LogP contribution in [0, 0.1) is 5.92 Å². The summed E-state index contributed by atoms with van der Waals surface area (Å²) in [6, 6.07) is 0. The Labute approximate surface area is 155 Å². The number of aromatic nitrogens is 2. The summed E-state index contributed by atoms with van der Waals surface area (Å²) >= 11 is 0. The molecule has 1 aliphatic heterocycles. The Morgan fingerprint density at radius 2 is 1.89 bits per heavy atom. The number of alkyl halides is 3. The average molecular weight is 390 g/mol. The minimum Gasteiger partial charge on any atom is -0.475 e. The first-order valence-corrected chi connectivity index (χ1v) is 8.75. The Morgan fingerprint density at radius 1 is 1.30 bits per heavy atom. The van der Waals surface area contributed by atoms with Gasteiger partial charge in [0.15, 0.2) is 0 Å². The number of carboxylic acid groups (broad SMARTS) is 1. The molecule has 27 heavy (non-hydrogen) atoms. The zero-order valence-corrected chi connectivity index (χ0v) is 15.7. The van der Waals surface area contributed by atoms with Gasteiger partial charge in [-0.25, -0.2) is 4.79 Å². The van der Waals surface area contributed by atoms with Crippen LogP contribution in [0.5, 0.6) is 0 Å². The lowest BCUT2D eigenvalue weighted by Crippen LogP contribution is -2.36. The van der Waals surface area contributed by atoms with E-state index in [0.717, 1.165) is 32.5 Å². The van der Waals surface area contributed by atoms with Crippen molar-refractivity contribution in [2.45, 2.75) is 44.9 Å². The van der Waals surface area contributed by atoms with Gasteiger partial charge in [0, 0.05) is 32.1 Å². The molecule has 1 N–H and O–H groups in total. The number of carbonyl (C=O) groups is 2. The topological polar surface area (TPSA) is 78.7 Å². The largest absolute Gasteiger partial charge is 0.490 e. The number of halogens is 3. The van der Waals surface area contributed by atoms with Crippen molar-refractivity contribution in [1.82, 2.24) is 19.6 Å². The Morgan fingerprint density at radius 3 is 2.37 bits per heavy atom. The van der Waals surface area contributed by atoms with Crippen molar-refractivity contribution in [1.29, 1.82) is 0 Å². The molecular weight excluding hydrogens is 365 g/mol. The minimum atomic E-state index is -5.08. The normalized spacial score (nSPS) is 16.6. The lowest BCUT2D eigenvalue weighted by atomic mass is 10.0. The molecule has 1 saturated carbocycles. The number of carbonyl (C=O) groups excluding carboxylic acids is 1. The maximum Gasteiger partial charge on any atom is 0.490 e. The van der Waals surface area contributed by atoms with Gasteiger partial charge >= 0.3 is 12.1 Å². The van der Waals surface area contributed by atoms with Crippen molar-refractivity contribution in [3.63, 3.8) is 0 Å². The predicted molar refractivity (Wildman–Crippen MR) is 90.8 cm³/mol. The van der Waals surface area contributed by atoms with Crippen LogP contribution in [0.3, 0.4) is 0 Å². The maximum atomic E-state index is 12.2. The van der Waals surface area contributed by atoms with E-state index >= 15 is 0 Å². The van der Waals surface area contributed by atoms with Crippen molar-refractivity contribution < 1.29 is 27.9 Å². The van der Waals surface area contributed by atoms with Gasteiger partial charge in [-0.2, -0.15) is 18.3 Å². The Kier molecular flexibility index (Phi) is 6.50. The molecule has 0 atom stereocenters. The van der Waals surface area contributed by atoms with E-state index in [1.807, 2.05) is 16.6 Å². The average Bonchev–Trinajstić information content (AvgIpc) is 3.31. The third kappa shape index (κ3) is 5.95. The fraction of sp³-hybridized carbons (Fsp3) is 0.706. The number of aryl methyl sites for hydroxylation is 1. The molecular formula is C17H25F3N4O3. The number of nitrogens with zero attached hydrogens (tertiary/aromatic N) is 4. The fourth-order valence-corrected chi connectivity index (χ4v) is 2.99. The first-order chi connectivity index (χ1) is 12.5. The first kappa shape index (κ1) is 21.2. The van der Waals surface area contributed by atoms with Crippen molar-refractivity contribution in [3.05, 3.63) is 17.0 Å². The molecule has 0 saturated heterocycles. The summed E-state index contributed by atoms with van der Waals surface area (Å²) in [5.74, 6) is -1.76. The number of hydrogen-bond donors (Lipinski definition) is 1. The Bertz CT molecular complexity index is 696. The number of rotatable bonds is 4. The van der Waals surface area contributed by atoms with E-state index < -0.39 is 12.1 Å². The summed E-state index contributed by atoms with van der Waals surface area (Å²) in [4.78, 5) is 25.3. The molecule has 1 aromatic rings. The molecule has 1 amide bonds. The quantitative estimate of drug-likeness (QED) is 0.848. The third-order valence-corrected chi connectivity index (χ3v) is 4.55. The number of carboxylic acids is 1. The summed E-state index contributed by atoms with van der Waals surface area (Å²) in [5, 5.41) is 11.8. The van der Waals surface area contributed by atoms with Gasteiger partial charge in [-0.1, -0.05) is 0 Å². The molecule has 152 valence electrons. The molecule has 2 aliphatic rings. The Hall–Kier alpha value is -2.10. The van der Waals surface area contributed by atoms with E-state index in [1.165, 1.54) is 29.8 Å². The van der Waals surface area contributed by atoms with E-state index in [-0.39, 0.29) is 0 Å². The summed E-state index contributed by atoms with van der Waals surface area (Å²) in [5.41, 5.74) is 3.75. The van der Waals surface area contributed by atoms with Gasteiger partial charge in [0.1, 0.15) is 0 Å². The van der Waals surface area contributed by atoms with Crippen LogP contribution in [0.1, 0.15) is 36.2 Å². The number of hydrogen-bond acceptors (Lipinski definition) is 4. The SMILES string of the molecule is CN(C)Cc1nn(C)c2c1CCN(C(=O)CC1CC1)C2.O=C(O)C(F)(F)F. The second kappa shape index (κ2) is 8.28. The predicted octanol–water partition coefficient (Wildman–Crippen LogP) is 1.80. The molecule has 0 aromatic carbocycles. The summed E-state index contributed by atoms with van der Waals surface area (Å²) in [6.07, 6.45) is -0.909. The highest BCUT2D eigenvalue weighted by Crippen LogP contribution is 2.33. The zero-order chi connectivity index (χ0) is 20.4. The molecule has 0 unspecified atom stereocenters. The summed E-state index contributed by atoms with van der Waals surface area (Å²) in [6.45, 7) is 2.46. The van der Waals surface area contributed by atoms with Gasteiger partial charge in [0.25, 0.3) is 0 Å². The molecule has 1 fully saturated rings. The third-order valence-electron chi connectivity index (χ3n) is 4.55. The van der Waals surface area contributed by atoms with Crippen molar-refractivity contribution >= 4 is 11.9 Å². The standard InChI is InChI=1S/C15H24N4O.C2HF3O2/c1-17(2)9-13-12-6-7-19(10-14(12)18(3)16-13)15(20)8-11-4-5-11;3-2(4,5)1(6)7/h11H,4-10H2,1-3H3;(H,6,7). The molecule has 10 heteroatoms. The Balaban J connectivity index is 0.000000321. The van der Waals surface area contributed by atoms with Crippen LogP contribution in [0.4, 0.5) is 13.2 Å². The van der Waals surface area contributed by atoms with Gasteiger partial charge in [0.05, 0.1) is 17.9 Å². The van der Waals surface area contributed by atoms with Gasteiger partial charge in [0.2, 0.25) is 5.91 Å². The second-order valence-electron chi connectivity index (χ2n) is 7.25. The van der Waals surface area contributed by atoms with Crippen LogP contribution in [0.2, 0.25) is 0 Å². The van der Waals surface area contributed by atoms with E-state index in [2.05, 4.69) is 24.1 Å². The van der Waals surface area contributed by atoms with Crippen LogP contribution in [0.15, 0.2) is 0 Å². The molecule has 3 rings (SSSR count). The van der Waals surface area contributed by atoms with Crippen LogP contribution in [0.25, 0.3) is 0 Å². The minimum absolute atomic E-state index is 0.327. The first-order valence-electron chi connectivity index (χ1n) is 8.75. The van der Waals surface area contributed by atoms with Gasteiger partial charge in [-0.15, -0.1) is 0 Å². The maximum absolute atomic E-state index is 12.2. The van der Waals surface area contributed by atoms with Crippen LogP contribution in [-0.2, 0) is 36.1 Å². The molecule has 1 aromatic heterocycles. The number of amides is 1. The molecule has 0 bridgehead atoms. The van der Waals surface area contributed by atoms with Gasteiger partial charge < -0.3 is 14.9 Å². The molecule has 7 nitrogen and oxygen atoms in total. The van der Waals surface area contributed by atoms with E-state index in [4.69, 9.17) is 9.90 Å². The van der Waals surface area contributed by atoms with Gasteiger partial charge in [-0.3, -0.25) is 9.48 Å². The van der Waals surface area contributed by atoms with E-state index in [9.17, 15) is 18.0 Å². The summed E-state index contributed by atoms with van der Waals surface area (Å²) in [7, 11) is 6.12. The molecule has 0 spiro atoms.